The molecule has 0 amide bonds. The van der Waals surface area contributed by atoms with Crippen molar-refractivity contribution in [3.05, 3.63) is 0 Å². The van der Waals surface area contributed by atoms with Gasteiger partial charge in [0.2, 0.25) is 0 Å². The number of rotatable bonds is 4. The molecule has 0 unspecified atom stereocenters. The molecule has 1 heterocycles. The Bertz CT molecular complexity index is 369. The molecule has 0 spiro atoms. The summed E-state index contributed by atoms with van der Waals surface area (Å²) in [6.45, 7) is 3.46. The van der Waals surface area contributed by atoms with Crippen LogP contribution in [-0.2, 0) is 10.2 Å². The molecule has 1 aliphatic heterocycles. The van der Waals surface area contributed by atoms with Crippen molar-refractivity contribution in [3.63, 3.8) is 0 Å². The SMILES string of the molecule is CC1CCC(NS(=O)(=O)N2CCC(CO)CC2)CC1. The minimum Gasteiger partial charge on any atom is -0.396 e. The second-order valence-corrected chi connectivity index (χ2v) is 7.81. The van der Waals surface area contributed by atoms with Crippen molar-refractivity contribution < 1.29 is 13.5 Å². The van der Waals surface area contributed by atoms with Crippen LogP contribution in [0.5, 0.6) is 0 Å². The Hall–Kier alpha value is -0.170. The summed E-state index contributed by atoms with van der Waals surface area (Å²) >= 11 is 0. The molecule has 2 N–H and O–H groups in total. The molecular weight excluding hydrogens is 264 g/mol. The van der Waals surface area contributed by atoms with Gasteiger partial charge in [-0.3, -0.25) is 0 Å². The highest BCUT2D eigenvalue weighted by Gasteiger charge is 2.30. The zero-order valence-corrected chi connectivity index (χ0v) is 12.5. The lowest BCUT2D eigenvalue weighted by molar-refractivity contribution is 0.169. The number of hydrogen-bond donors (Lipinski definition) is 2. The first kappa shape index (κ1) is 15.2. The normalized spacial score (nSPS) is 31.5. The topological polar surface area (TPSA) is 69.6 Å². The third-order valence-corrected chi connectivity index (χ3v) is 6.18. The first-order chi connectivity index (χ1) is 9.01. The van der Waals surface area contributed by atoms with Crippen molar-refractivity contribution in [2.24, 2.45) is 11.8 Å². The molecule has 6 heteroatoms. The summed E-state index contributed by atoms with van der Waals surface area (Å²) in [6.07, 6.45) is 5.65. The molecule has 1 saturated heterocycles. The maximum Gasteiger partial charge on any atom is 0.279 e. The first-order valence-corrected chi connectivity index (χ1v) is 8.83. The molecule has 0 bridgehead atoms. The van der Waals surface area contributed by atoms with Gasteiger partial charge in [-0.2, -0.15) is 17.4 Å². The molecule has 0 atom stereocenters. The monoisotopic (exact) mass is 290 g/mol. The zero-order chi connectivity index (χ0) is 13.9. The van der Waals surface area contributed by atoms with E-state index in [1.165, 1.54) is 4.31 Å². The Kier molecular flexibility index (Phi) is 5.22. The van der Waals surface area contributed by atoms with E-state index in [1.807, 2.05) is 0 Å². The van der Waals surface area contributed by atoms with Crippen molar-refractivity contribution in [2.75, 3.05) is 19.7 Å². The number of aliphatic hydroxyl groups excluding tert-OH is 1. The van der Waals surface area contributed by atoms with Crippen LogP contribution in [0.4, 0.5) is 0 Å². The number of nitrogens with zero attached hydrogens (tertiary/aromatic N) is 1. The molecule has 1 aliphatic carbocycles. The molecular formula is C13H26N2O3S. The van der Waals surface area contributed by atoms with Crippen LogP contribution < -0.4 is 4.72 Å². The van der Waals surface area contributed by atoms with E-state index in [9.17, 15) is 8.42 Å². The average Bonchev–Trinajstić information content (AvgIpc) is 2.41. The van der Waals surface area contributed by atoms with E-state index in [2.05, 4.69) is 11.6 Å². The highest BCUT2D eigenvalue weighted by Crippen LogP contribution is 2.25. The lowest BCUT2D eigenvalue weighted by atomic mass is 9.88. The molecule has 2 rings (SSSR count). The maximum absolute atomic E-state index is 12.3. The third kappa shape index (κ3) is 4.15. The van der Waals surface area contributed by atoms with Crippen molar-refractivity contribution in [2.45, 2.75) is 51.5 Å². The fourth-order valence-electron chi connectivity index (χ4n) is 3.00. The quantitative estimate of drug-likeness (QED) is 0.814. The lowest BCUT2D eigenvalue weighted by Crippen LogP contribution is -2.49. The molecule has 0 radical (unpaired) electrons. The summed E-state index contributed by atoms with van der Waals surface area (Å²) < 4.78 is 29.0. The van der Waals surface area contributed by atoms with Gasteiger partial charge in [-0.1, -0.05) is 6.92 Å². The van der Waals surface area contributed by atoms with Crippen molar-refractivity contribution in [1.82, 2.24) is 9.03 Å². The molecule has 2 fully saturated rings. The van der Waals surface area contributed by atoms with Crippen LogP contribution in [-0.4, -0.2) is 43.6 Å². The van der Waals surface area contributed by atoms with E-state index in [-0.39, 0.29) is 18.6 Å². The second-order valence-electron chi connectivity index (χ2n) is 6.10. The third-order valence-electron chi connectivity index (χ3n) is 4.50. The Morgan fingerprint density at radius 2 is 1.68 bits per heavy atom. The smallest absolute Gasteiger partial charge is 0.279 e. The fraction of sp³-hybridized carbons (Fsp3) is 1.00. The molecule has 0 aromatic rings. The van der Waals surface area contributed by atoms with Gasteiger partial charge in [0.25, 0.3) is 10.2 Å². The van der Waals surface area contributed by atoms with Crippen LogP contribution in [0.15, 0.2) is 0 Å². The zero-order valence-electron chi connectivity index (χ0n) is 11.7. The van der Waals surface area contributed by atoms with Gasteiger partial charge in [0.05, 0.1) is 0 Å². The van der Waals surface area contributed by atoms with Crippen LogP contribution in [0.1, 0.15) is 45.4 Å². The van der Waals surface area contributed by atoms with Crippen LogP contribution in [0.3, 0.4) is 0 Å². The number of piperidine rings is 1. The number of nitrogens with one attached hydrogen (secondary N) is 1. The van der Waals surface area contributed by atoms with Gasteiger partial charge in [0.15, 0.2) is 0 Å². The van der Waals surface area contributed by atoms with Gasteiger partial charge in [-0.15, -0.1) is 0 Å². The van der Waals surface area contributed by atoms with E-state index in [4.69, 9.17) is 5.11 Å². The van der Waals surface area contributed by atoms with Gasteiger partial charge in [-0.25, -0.2) is 0 Å². The molecule has 1 saturated carbocycles. The van der Waals surface area contributed by atoms with Gasteiger partial charge in [0, 0.05) is 25.7 Å². The molecule has 5 nitrogen and oxygen atoms in total. The predicted molar refractivity (Wildman–Crippen MR) is 74.9 cm³/mol. The van der Waals surface area contributed by atoms with Gasteiger partial charge < -0.3 is 5.11 Å². The highest BCUT2D eigenvalue weighted by molar-refractivity contribution is 7.87. The van der Waals surface area contributed by atoms with Gasteiger partial charge in [-0.05, 0) is 50.4 Å². The molecule has 112 valence electrons. The summed E-state index contributed by atoms with van der Waals surface area (Å²) in [7, 11) is -3.33. The van der Waals surface area contributed by atoms with E-state index in [0.717, 1.165) is 44.4 Å². The lowest BCUT2D eigenvalue weighted by Gasteiger charge is -2.33. The summed E-state index contributed by atoms with van der Waals surface area (Å²) in [5.74, 6) is 0.989. The first-order valence-electron chi connectivity index (χ1n) is 7.39. The van der Waals surface area contributed by atoms with Gasteiger partial charge >= 0.3 is 0 Å². The second kappa shape index (κ2) is 6.52. The fourth-order valence-corrected chi connectivity index (χ4v) is 4.49. The molecule has 0 aromatic heterocycles. The number of hydrogen-bond acceptors (Lipinski definition) is 3. The highest BCUT2D eigenvalue weighted by atomic mass is 32.2. The van der Waals surface area contributed by atoms with Gasteiger partial charge in [0.1, 0.15) is 0 Å². The Labute approximate surface area is 116 Å². The molecule has 19 heavy (non-hydrogen) atoms. The van der Waals surface area contributed by atoms with Crippen molar-refractivity contribution >= 4 is 10.2 Å². The average molecular weight is 290 g/mol. The Morgan fingerprint density at radius 3 is 2.21 bits per heavy atom. The van der Waals surface area contributed by atoms with E-state index < -0.39 is 10.2 Å². The Morgan fingerprint density at radius 1 is 1.11 bits per heavy atom. The predicted octanol–water partition coefficient (Wildman–Crippen LogP) is 1.10. The molecule has 0 aromatic carbocycles. The van der Waals surface area contributed by atoms with Crippen molar-refractivity contribution in [1.29, 1.82) is 0 Å². The van der Waals surface area contributed by atoms with Crippen LogP contribution in [0.2, 0.25) is 0 Å². The largest absolute Gasteiger partial charge is 0.396 e. The van der Waals surface area contributed by atoms with Crippen molar-refractivity contribution in [3.8, 4) is 0 Å². The van der Waals surface area contributed by atoms with Crippen LogP contribution in [0.25, 0.3) is 0 Å². The maximum atomic E-state index is 12.3. The summed E-state index contributed by atoms with van der Waals surface area (Å²) in [5.41, 5.74) is 0. The minimum absolute atomic E-state index is 0.108. The minimum atomic E-state index is -3.33. The summed E-state index contributed by atoms with van der Waals surface area (Å²) in [5, 5.41) is 9.08. The number of aliphatic hydroxyl groups is 1. The summed E-state index contributed by atoms with van der Waals surface area (Å²) in [6, 6.07) is 0.108. The van der Waals surface area contributed by atoms with E-state index in [0.29, 0.717) is 13.1 Å². The van der Waals surface area contributed by atoms with Crippen LogP contribution in [0, 0.1) is 11.8 Å². The Balaban J connectivity index is 1.85. The standard InChI is InChI=1S/C13H26N2O3S/c1-11-2-4-13(5-3-11)14-19(17,18)15-8-6-12(10-16)7-9-15/h11-14,16H,2-10H2,1H3. The van der Waals surface area contributed by atoms with Crippen LogP contribution >= 0.6 is 0 Å². The summed E-state index contributed by atoms with van der Waals surface area (Å²) in [4.78, 5) is 0. The van der Waals surface area contributed by atoms with E-state index in [1.54, 1.807) is 0 Å². The molecule has 2 aliphatic rings. The van der Waals surface area contributed by atoms with E-state index >= 15 is 0 Å².